The molecule has 0 aliphatic heterocycles. The fraction of sp³-hybridized carbons (Fsp3) is 0.208. The summed E-state index contributed by atoms with van der Waals surface area (Å²) in [6.45, 7) is 4.33. The van der Waals surface area contributed by atoms with Crippen LogP contribution in [0.25, 0.3) is 27.8 Å². The number of nitriles is 1. The molecule has 8 heteroatoms. The van der Waals surface area contributed by atoms with E-state index < -0.39 is 5.82 Å². The van der Waals surface area contributed by atoms with E-state index in [0.717, 1.165) is 33.7 Å². The summed E-state index contributed by atoms with van der Waals surface area (Å²) in [5, 5.41) is 19.7. The fourth-order valence-corrected chi connectivity index (χ4v) is 4.69. The second-order valence-electron chi connectivity index (χ2n) is 7.33. The molecule has 1 aromatic carbocycles. The summed E-state index contributed by atoms with van der Waals surface area (Å²) in [7, 11) is 0. The first kappa shape index (κ1) is 23.1. The summed E-state index contributed by atoms with van der Waals surface area (Å²) in [5.74, 6) is -0.564. The number of thiophene rings is 1. The minimum atomic E-state index is -0.564. The Kier molecular flexibility index (Phi) is 7.71. The van der Waals surface area contributed by atoms with Gasteiger partial charge in [-0.25, -0.2) is 4.39 Å². The third-order valence-electron chi connectivity index (χ3n) is 5.06. The van der Waals surface area contributed by atoms with Crippen LogP contribution in [0.2, 0.25) is 0 Å². The first-order valence-corrected chi connectivity index (χ1v) is 10.9. The van der Waals surface area contributed by atoms with E-state index in [1.807, 2.05) is 24.4 Å². The number of halogens is 1. The predicted molar refractivity (Wildman–Crippen MR) is 125 cm³/mol. The molecule has 0 fully saturated rings. The van der Waals surface area contributed by atoms with Gasteiger partial charge in [0.05, 0.1) is 5.56 Å². The van der Waals surface area contributed by atoms with Crippen molar-refractivity contribution in [2.24, 2.45) is 5.73 Å². The van der Waals surface area contributed by atoms with E-state index in [0.29, 0.717) is 30.4 Å². The van der Waals surface area contributed by atoms with Gasteiger partial charge in [0.25, 0.3) is 0 Å². The number of rotatable bonds is 10. The van der Waals surface area contributed by atoms with Crippen molar-refractivity contribution in [2.45, 2.75) is 25.3 Å². The van der Waals surface area contributed by atoms with E-state index in [4.69, 9.17) is 16.4 Å². The van der Waals surface area contributed by atoms with Crippen molar-refractivity contribution in [3.8, 4) is 27.6 Å². The van der Waals surface area contributed by atoms with Gasteiger partial charge in [-0.3, -0.25) is 10.2 Å². The quantitative estimate of drug-likeness (QED) is 0.323. The molecule has 1 atom stereocenters. The number of pyridine rings is 1. The van der Waals surface area contributed by atoms with Gasteiger partial charge >= 0.3 is 0 Å². The van der Waals surface area contributed by atoms with Crippen molar-refractivity contribution < 1.29 is 9.18 Å². The molecule has 0 radical (unpaired) electrons. The number of carbonyl (C=O) groups is 1. The Hall–Kier alpha value is -3.54. The molecule has 0 aliphatic rings. The highest BCUT2D eigenvalue weighted by Gasteiger charge is 2.17. The molecule has 1 unspecified atom stereocenters. The van der Waals surface area contributed by atoms with Crippen LogP contribution in [0.5, 0.6) is 0 Å². The largest absolute Gasteiger partial charge is 0.359 e. The molecule has 0 saturated heterocycles. The zero-order valence-electron chi connectivity index (χ0n) is 17.5. The van der Waals surface area contributed by atoms with Gasteiger partial charge < -0.3 is 15.6 Å². The normalized spacial score (nSPS) is 11.5. The third-order valence-corrected chi connectivity index (χ3v) is 6.27. The average molecular weight is 450 g/mol. The first-order valence-electron chi connectivity index (χ1n) is 10.1. The standard InChI is InChI=1S/C24H24FN5OS/c1-2-30-14-18(7-8-23(30)28)24-21(16-5-6-17(13-26)22(25)10-16)12-20(32-24)11-19(27)4-3-9-29-15-31/h2,5-8,10,12,14-15,19,28H,1,3-4,9,11,27H2,(H,29,31). The van der Waals surface area contributed by atoms with Crippen LogP contribution in [0.4, 0.5) is 4.39 Å². The van der Waals surface area contributed by atoms with Gasteiger partial charge in [0.2, 0.25) is 6.41 Å². The van der Waals surface area contributed by atoms with E-state index in [9.17, 15) is 9.18 Å². The maximum Gasteiger partial charge on any atom is 0.207 e. The van der Waals surface area contributed by atoms with E-state index in [1.165, 1.54) is 12.1 Å². The number of aromatic nitrogens is 1. The van der Waals surface area contributed by atoms with Crippen LogP contribution in [0, 0.1) is 22.6 Å². The third kappa shape index (κ3) is 5.38. The predicted octanol–water partition coefficient (Wildman–Crippen LogP) is 3.87. The molecule has 0 spiro atoms. The van der Waals surface area contributed by atoms with Crippen LogP contribution in [0.15, 0.2) is 49.2 Å². The lowest BCUT2D eigenvalue weighted by molar-refractivity contribution is -0.109. The maximum absolute atomic E-state index is 14.3. The Bertz CT molecular complexity index is 1220. The van der Waals surface area contributed by atoms with E-state index in [1.54, 1.807) is 34.2 Å². The average Bonchev–Trinajstić information content (AvgIpc) is 3.20. The number of hydrogen-bond acceptors (Lipinski definition) is 5. The number of hydrogen-bond donors (Lipinski definition) is 3. The second kappa shape index (κ2) is 10.7. The number of nitrogens with one attached hydrogen (secondary N) is 2. The second-order valence-corrected chi connectivity index (χ2v) is 8.47. The number of carbonyl (C=O) groups excluding carboxylic acids is 1. The zero-order valence-corrected chi connectivity index (χ0v) is 18.3. The molecule has 2 aromatic heterocycles. The molecule has 164 valence electrons. The SMILES string of the molecule is C=Cn1cc(-c2sc(CC(N)CCCNC=O)cc2-c2ccc(C#N)c(F)c2)ccc1=N. The van der Waals surface area contributed by atoms with Gasteiger partial charge in [-0.1, -0.05) is 12.6 Å². The highest BCUT2D eigenvalue weighted by molar-refractivity contribution is 7.16. The van der Waals surface area contributed by atoms with Crippen molar-refractivity contribution in [3.63, 3.8) is 0 Å². The summed E-state index contributed by atoms with van der Waals surface area (Å²) in [6.07, 6.45) is 6.26. The van der Waals surface area contributed by atoms with Crippen LogP contribution >= 0.6 is 11.3 Å². The van der Waals surface area contributed by atoms with Gasteiger partial charge in [0, 0.05) is 45.9 Å². The van der Waals surface area contributed by atoms with Crippen LogP contribution in [0.1, 0.15) is 23.3 Å². The van der Waals surface area contributed by atoms with Gasteiger partial charge in [0.15, 0.2) is 0 Å². The molecule has 2 heterocycles. The topological polar surface area (TPSA) is 108 Å². The maximum atomic E-state index is 14.3. The molecule has 32 heavy (non-hydrogen) atoms. The van der Waals surface area contributed by atoms with E-state index in [2.05, 4.69) is 11.9 Å². The Balaban J connectivity index is 1.99. The number of benzene rings is 1. The molecule has 4 N–H and O–H groups in total. The monoisotopic (exact) mass is 449 g/mol. The minimum absolute atomic E-state index is 0.000216. The summed E-state index contributed by atoms with van der Waals surface area (Å²) in [4.78, 5) is 12.4. The summed E-state index contributed by atoms with van der Waals surface area (Å²) in [5.41, 5.74) is 9.00. The van der Waals surface area contributed by atoms with Crippen LogP contribution in [-0.2, 0) is 11.2 Å². The lowest BCUT2D eigenvalue weighted by Gasteiger charge is -2.09. The number of nitrogens with zero attached hydrogens (tertiary/aromatic N) is 2. The number of amides is 1. The molecule has 0 bridgehead atoms. The highest BCUT2D eigenvalue weighted by Crippen LogP contribution is 2.40. The Morgan fingerprint density at radius 3 is 2.78 bits per heavy atom. The van der Waals surface area contributed by atoms with Gasteiger partial charge in [0.1, 0.15) is 17.4 Å². The fourth-order valence-electron chi connectivity index (χ4n) is 3.43. The lowest BCUT2D eigenvalue weighted by Crippen LogP contribution is -2.24. The molecule has 1 amide bonds. The van der Waals surface area contributed by atoms with Crippen molar-refractivity contribution >= 4 is 23.9 Å². The van der Waals surface area contributed by atoms with Gasteiger partial charge in [-0.2, -0.15) is 5.26 Å². The molecular weight excluding hydrogens is 425 g/mol. The molecule has 0 aliphatic carbocycles. The van der Waals surface area contributed by atoms with E-state index >= 15 is 0 Å². The molecule has 3 rings (SSSR count). The Morgan fingerprint density at radius 2 is 2.09 bits per heavy atom. The Labute approximate surface area is 190 Å². The highest BCUT2D eigenvalue weighted by atomic mass is 32.1. The summed E-state index contributed by atoms with van der Waals surface area (Å²) >= 11 is 1.57. The van der Waals surface area contributed by atoms with E-state index in [-0.39, 0.29) is 11.6 Å². The first-order chi connectivity index (χ1) is 15.5. The van der Waals surface area contributed by atoms with Crippen molar-refractivity contribution in [1.29, 1.82) is 10.7 Å². The van der Waals surface area contributed by atoms with Crippen LogP contribution in [-0.4, -0.2) is 23.6 Å². The van der Waals surface area contributed by atoms with Crippen LogP contribution in [0.3, 0.4) is 0 Å². The smallest absolute Gasteiger partial charge is 0.207 e. The van der Waals surface area contributed by atoms with Crippen molar-refractivity contribution in [2.75, 3.05) is 6.54 Å². The summed E-state index contributed by atoms with van der Waals surface area (Å²) < 4.78 is 16.0. The molecule has 6 nitrogen and oxygen atoms in total. The van der Waals surface area contributed by atoms with Gasteiger partial charge in [-0.05, 0) is 55.2 Å². The molecule has 3 aromatic rings. The van der Waals surface area contributed by atoms with Crippen LogP contribution < -0.4 is 16.5 Å². The lowest BCUT2D eigenvalue weighted by atomic mass is 10.0. The zero-order chi connectivity index (χ0) is 23.1. The minimum Gasteiger partial charge on any atom is -0.359 e. The van der Waals surface area contributed by atoms with Gasteiger partial charge in [-0.15, -0.1) is 11.3 Å². The Morgan fingerprint density at radius 1 is 1.31 bits per heavy atom. The number of nitrogens with two attached hydrogens (primary N) is 1. The van der Waals surface area contributed by atoms with Crippen molar-refractivity contribution in [1.82, 2.24) is 9.88 Å². The van der Waals surface area contributed by atoms with Crippen molar-refractivity contribution in [3.05, 3.63) is 70.9 Å². The molecular formula is C24H24FN5OS. The summed E-state index contributed by atoms with van der Waals surface area (Å²) in [6, 6.07) is 11.9. The molecule has 0 saturated carbocycles.